The Morgan fingerprint density at radius 1 is 1.19 bits per heavy atom. The zero-order valence-corrected chi connectivity index (χ0v) is 16.2. The molecule has 0 unspecified atom stereocenters. The lowest BCUT2D eigenvalue weighted by atomic mass is 10.1. The van der Waals surface area contributed by atoms with E-state index in [1.54, 1.807) is 12.1 Å². The second-order valence-electron chi connectivity index (χ2n) is 5.67. The van der Waals surface area contributed by atoms with Crippen molar-refractivity contribution in [2.75, 3.05) is 13.6 Å². The standard InChI is InChI=1S/C17H15ClN2O4S2/c1-3-8-20(10-11-4-7-15(18)25-11)26(23,24)12-5-6-13-14(9-12)17(22)19(2)16(13)21/h3-7,9H,1,8,10H2,2H3. The van der Waals surface area contributed by atoms with Crippen molar-refractivity contribution in [3.63, 3.8) is 0 Å². The maximum absolute atomic E-state index is 13.0. The van der Waals surface area contributed by atoms with Crippen molar-refractivity contribution in [1.82, 2.24) is 9.21 Å². The normalized spacial score (nSPS) is 14.2. The number of benzene rings is 1. The molecule has 2 aromatic rings. The van der Waals surface area contributed by atoms with Gasteiger partial charge in [0.2, 0.25) is 10.0 Å². The average molecular weight is 411 g/mol. The highest BCUT2D eigenvalue weighted by molar-refractivity contribution is 7.89. The molecule has 0 bridgehead atoms. The monoisotopic (exact) mass is 410 g/mol. The van der Waals surface area contributed by atoms with E-state index >= 15 is 0 Å². The van der Waals surface area contributed by atoms with Crippen LogP contribution in [0.5, 0.6) is 0 Å². The van der Waals surface area contributed by atoms with E-state index in [2.05, 4.69) is 6.58 Å². The van der Waals surface area contributed by atoms with Gasteiger partial charge in [-0.1, -0.05) is 17.7 Å². The van der Waals surface area contributed by atoms with Crippen molar-refractivity contribution in [2.45, 2.75) is 11.4 Å². The molecule has 0 saturated carbocycles. The summed E-state index contributed by atoms with van der Waals surface area (Å²) in [5, 5.41) is 0. The summed E-state index contributed by atoms with van der Waals surface area (Å²) in [6.07, 6.45) is 1.49. The van der Waals surface area contributed by atoms with E-state index in [-0.39, 0.29) is 29.1 Å². The largest absolute Gasteiger partial charge is 0.277 e. The first kappa shape index (κ1) is 18.8. The molecule has 26 heavy (non-hydrogen) atoms. The lowest BCUT2D eigenvalue weighted by Gasteiger charge is -2.20. The Balaban J connectivity index is 1.99. The van der Waals surface area contributed by atoms with Crippen molar-refractivity contribution < 1.29 is 18.0 Å². The highest BCUT2D eigenvalue weighted by atomic mass is 35.5. The van der Waals surface area contributed by atoms with Crippen LogP contribution in [0.4, 0.5) is 0 Å². The van der Waals surface area contributed by atoms with Gasteiger partial charge in [0.05, 0.1) is 20.4 Å². The Kier molecular flexibility index (Phi) is 5.03. The minimum atomic E-state index is -3.89. The van der Waals surface area contributed by atoms with Crippen LogP contribution in [-0.4, -0.2) is 43.0 Å². The number of rotatable bonds is 6. The van der Waals surface area contributed by atoms with Crippen LogP contribution in [0.1, 0.15) is 25.6 Å². The van der Waals surface area contributed by atoms with Gasteiger partial charge < -0.3 is 0 Å². The molecule has 0 atom stereocenters. The highest BCUT2D eigenvalue weighted by Crippen LogP contribution is 2.28. The van der Waals surface area contributed by atoms with Crippen LogP contribution >= 0.6 is 22.9 Å². The number of carbonyl (C=O) groups is 2. The van der Waals surface area contributed by atoms with Crippen LogP contribution in [-0.2, 0) is 16.6 Å². The van der Waals surface area contributed by atoms with Crippen LogP contribution in [0.25, 0.3) is 0 Å². The zero-order chi connectivity index (χ0) is 19.1. The second kappa shape index (κ2) is 6.96. The first-order chi connectivity index (χ1) is 12.3. The fourth-order valence-electron chi connectivity index (χ4n) is 2.65. The molecule has 6 nitrogen and oxygen atoms in total. The molecular formula is C17H15ClN2O4S2. The number of fused-ring (bicyclic) bond motifs is 1. The number of carbonyl (C=O) groups excluding carboxylic acids is 2. The molecule has 1 aliphatic rings. The third-order valence-corrected chi connectivity index (χ3v) is 7.02. The van der Waals surface area contributed by atoms with E-state index in [1.165, 1.54) is 47.0 Å². The Hall–Kier alpha value is -2.00. The average Bonchev–Trinajstić information content (AvgIpc) is 3.11. The topological polar surface area (TPSA) is 74.8 Å². The van der Waals surface area contributed by atoms with Crippen molar-refractivity contribution >= 4 is 44.8 Å². The number of amides is 2. The molecule has 0 radical (unpaired) electrons. The van der Waals surface area contributed by atoms with Crippen LogP contribution in [0, 0.1) is 0 Å². The van der Waals surface area contributed by atoms with E-state index in [0.29, 0.717) is 4.34 Å². The minimum Gasteiger partial charge on any atom is -0.277 e. The molecule has 3 rings (SSSR count). The Labute approximate surface area is 160 Å². The summed E-state index contributed by atoms with van der Waals surface area (Å²) in [5.74, 6) is -0.951. The first-order valence-electron chi connectivity index (χ1n) is 7.57. The van der Waals surface area contributed by atoms with Gasteiger partial charge in [0.1, 0.15) is 0 Å². The molecule has 2 amide bonds. The maximum atomic E-state index is 13.0. The van der Waals surface area contributed by atoms with Gasteiger partial charge in [0.25, 0.3) is 11.8 Å². The van der Waals surface area contributed by atoms with Gasteiger partial charge in [0.15, 0.2) is 0 Å². The van der Waals surface area contributed by atoms with Gasteiger partial charge in [-0.2, -0.15) is 4.31 Å². The van der Waals surface area contributed by atoms with Crippen molar-refractivity contribution in [3.8, 4) is 0 Å². The summed E-state index contributed by atoms with van der Waals surface area (Å²) in [6.45, 7) is 3.84. The van der Waals surface area contributed by atoms with E-state index in [9.17, 15) is 18.0 Å². The number of thiophene rings is 1. The number of imide groups is 1. The SMILES string of the molecule is C=CCN(Cc1ccc(Cl)s1)S(=O)(=O)c1ccc2c(c1)C(=O)N(C)C2=O. The fourth-order valence-corrected chi connectivity index (χ4v) is 5.25. The lowest BCUT2D eigenvalue weighted by molar-refractivity contribution is 0.0693. The second-order valence-corrected chi connectivity index (χ2v) is 9.41. The van der Waals surface area contributed by atoms with E-state index < -0.39 is 21.8 Å². The minimum absolute atomic E-state index is 0.0443. The quantitative estimate of drug-likeness (QED) is 0.542. The van der Waals surface area contributed by atoms with Gasteiger partial charge >= 0.3 is 0 Å². The summed E-state index contributed by atoms with van der Waals surface area (Å²) in [6, 6.07) is 7.44. The van der Waals surface area contributed by atoms with E-state index in [4.69, 9.17) is 11.6 Å². The third-order valence-electron chi connectivity index (χ3n) is 3.99. The maximum Gasteiger partial charge on any atom is 0.261 e. The lowest BCUT2D eigenvalue weighted by Crippen LogP contribution is -2.30. The van der Waals surface area contributed by atoms with Crippen LogP contribution < -0.4 is 0 Å². The summed E-state index contributed by atoms with van der Waals surface area (Å²) in [5.41, 5.74) is 0.299. The molecule has 0 saturated heterocycles. The van der Waals surface area contributed by atoms with Gasteiger partial charge in [-0.3, -0.25) is 14.5 Å². The van der Waals surface area contributed by atoms with Gasteiger partial charge in [-0.25, -0.2) is 8.42 Å². The predicted octanol–water partition coefficient (Wildman–Crippen LogP) is 3.00. The molecule has 1 aliphatic heterocycles. The molecule has 0 N–H and O–H groups in total. The molecule has 136 valence electrons. The summed E-state index contributed by atoms with van der Waals surface area (Å²) < 4.78 is 27.9. The van der Waals surface area contributed by atoms with Gasteiger partial charge in [-0.15, -0.1) is 17.9 Å². The zero-order valence-electron chi connectivity index (χ0n) is 13.8. The molecule has 9 heteroatoms. The summed E-state index contributed by atoms with van der Waals surface area (Å²) >= 11 is 7.21. The molecular weight excluding hydrogens is 396 g/mol. The third kappa shape index (κ3) is 3.21. The molecule has 0 aliphatic carbocycles. The number of halogens is 1. The molecule has 0 spiro atoms. The number of sulfonamides is 1. The Morgan fingerprint density at radius 3 is 2.50 bits per heavy atom. The van der Waals surface area contributed by atoms with Crippen molar-refractivity contribution in [3.05, 3.63) is 63.3 Å². The molecule has 1 aromatic heterocycles. The van der Waals surface area contributed by atoms with Crippen LogP contribution in [0.2, 0.25) is 4.34 Å². The fraction of sp³-hybridized carbons (Fsp3) is 0.176. The number of hydrogen-bond donors (Lipinski definition) is 0. The van der Waals surface area contributed by atoms with Crippen molar-refractivity contribution in [2.24, 2.45) is 0 Å². The summed E-state index contributed by atoms with van der Waals surface area (Å²) in [4.78, 5) is 25.8. The molecule has 1 aromatic carbocycles. The molecule has 2 heterocycles. The highest BCUT2D eigenvalue weighted by Gasteiger charge is 2.35. The number of hydrogen-bond acceptors (Lipinski definition) is 5. The smallest absolute Gasteiger partial charge is 0.261 e. The first-order valence-corrected chi connectivity index (χ1v) is 10.2. The molecule has 0 fully saturated rings. The Morgan fingerprint density at radius 2 is 1.88 bits per heavy atom. The van der Waals surface area contributed by atoms with Crippen LogP contribution in [0.3, 0.4) is 0 Å². The predicted molar refractivity (Wildman–Crippen MR) is 100.0 cm³/mol. The van der Waals surface area contributed by atoms with E-state index in [1.807, 2.05) is 0 Å². The summed E-state index contributed by atoms with van der Waals surface area (Å²) in [7, 11) is -2.52. The van der Waals surface area contributed by atoms with Gasteiger partial charge in [0, 0.05) is 25.0 Å². The number of nitrogens with zero attached hydrogens (tertiary/aromatic N) is 2. The van der Waals surface area contributed by atoms with Crippen molar-refractivity contribution in [1.29, 1.82) is 0 Å². The van der Waals surface area contributed by atoms with Crippen LogP contribution in [0.15, 0.2) is 47.9 Å². The van der Waals surface area contributed by atoms with E-state index in [0.717, 1.165) is 9.78 Å². The Bertz CT molecular complexity index is 1010. The van der Waals surface area contributed by atoms with Gasteiger partial charge in [-0.05, 0) is 30.3 Å².